The summed E-state index contributed by atoms with van der Waals surface area (Å²) in [5.74, 6) is 0.723. The monoisotopic (exact) mass is 251 g/mol. The Morgan fingerprint density at radius 1 is 1.33 bits per heavy atom. The second kappa shape index (κ2) is 7.34. The molecule has 0 aliphatic rings. The van der Waals surface area contributed by atoms with Gasteiger partial charge in [-0.1, -0.05) is 13.0 Å². The molecule has 1 atom stereocenters. The average Bonchev–Trinajstić information content (AvgIpc) is 2.43. The van der Waals surface area contributed by atoms with Gasteiger partial charge in [-0.2, -0.15) is 0 Å². The molecule has 1 heterocycles. The molecule has 0 saturated heterocycles. The zero-order chi connectivity index (χ0) is 13.5. The third-order valence-electron chi connectivity index (χ3n) is 3.48. The van der Waals surface area contributed by atoms with Crippen LogP contribution in [0.3, 0.4) is 0 Å². The van der Waals surface area contributed by atoms with Gasteiger partial charge in [-0.25, -0.2) is 4.98 Å². The van der Waals surface area contributed by atoms with Crippen LogP contribution in [-0.2, 0) is 0 Å². The third kappa shape index (κ3) is 3.96. The quantitative estimate of drug-likeness (QED) is 0.741. The van der Waals surface area contributed by atoms with E-state index in [0.29, 0.717) is 6.04 Å². The molecule has 0 bridgehead atoms. The van der Waals surface area contributed by atoms with Crippen LogP contribution in [0, 0.1) is 0 Å². The van der Waals surface area contributed by atoms with E-state index in [1.807, 2.05) is 6.07 Å². The summed E-state index contributed by atoms with van der Waals surface area (Å²) >= 11 is 0. The second-order valence-electron chi connectivity index (χ2n) is 4.65. The molecule has 0 radical (unpaired) electrons. The molecule has 0 amide bonds. The van der Waals surface area contributed by atoms with Crippen molar-refractivity contribution in [2.75, 3.05) is 40.8 Å². The molecular weight excluding hydrogens is 226 g/mol. The maximum atomic E-state index is 5.32. The predicted molar refractivity (Wildman–Crippen MR) is 75.0 cm³/mol. The Labute approximate surface area is 111 Å². The van der Waals surface area contributed by atoms with Gasteiger partial charge in [-0.3, -0.25) is 4.90 Å². The topological polar surface area (TPSA) is 28.6 Å². The van der Waals surface area contributed by atoms with Crippen molar-refractivity contribution in [1.29, 1.82) is 0 Å². The lowest BCUT2D eigenvalue weighted by Gasteiger charge is -2.27. The van der Waals surface area contributed by atoms with Crippen molar-refractivity contribution in [2.24, 2.45) is 0 Å². The van der Waals surface area contributed by atoms with E-state index in [0.717, 1.165) is 31.1 Å². The molecule has 0 N–H and O–H groups in total. The van der Waals surface area contributed by atoms with Crippen LogP contribution >= 0.6 is 0 Å². The smallest absolute Gasteiger partial charge is 0.217 e. The molecule has 1 rings (SSSR count). The van der Waals surface area contributed by atoms with Crippen LogP contribution < -0.4 is 4.74 Å². The number of hydrogen-bond acceptors (Lipinski definition) is 4. The minimum absolute atomic E-state index is 0.305. The molecule has 18 heavy (non-hydrogen) atoms. The number of likely N-dealkylation sites (N-methyl/N-ethyl adjacent to an activating group) is 2. The predicted octanol–water partition coefficient (Wildman–Crippen LogP) is 2.03. The molecule has 1 aromatic rings. The fourth-order valence-electron chi connectivity index (χ4n) is 1.81. The van der Waals surface area contributed by atoms with Crippen molar-refractivity contribution >= 4 is 0 Å². The number of aromatic nitrogens is 1. The third-order valence-corrected chi connectivity index (χ3v) is 3.48. The molecule has 4 heteroatoms. The Balaban J connectivity index is 2.65. The number of rotatable bonds is 7. The number of nitrogens with zero attached hydrogens (tertiary/aromatic N) is 3. The van der Waals surface area contributed by atoms with Crippen LogP contribution in [0.1, 0.15) is 25.5 Å². The van der Waals surface area contributed by atoms with Crippen LogP contribution in [0.4, 0.5) is 0 Å². The van der Waals surface area contributed by atoms with E-state index in [-0.39, 0.29) is 0 Å². The van der Waals surface area contributed by atoms with Gasteiger partial charge in [0.2, 0.25) is 5.88 Å². The molecule has 1 aromatic heterocycles. The van der Waals surface area contributed by atoms with Crippen LogP contribution in [0.2, 0.25) is 0 Å². The summed E-state index contributed by atoms with van der Waals surface area (Å²) in [5.41, 5.74) is 1.14. The van der Waals surface area contributed by atoms with Crippen LogP contribution in [0.5, 0.6) is 5.88 Å². The van der Waals surface area contributed by atoms with Crippen LogP contribution in [0.15, 0.2) is 18.3 Å². The van der Waals surface area contributed by atoms with Gasteiger partial charge in [-0.05, 0) is 33.6 Å². The van der Waals surface area contributed by atoms with Gasteiger partial charge >= 0.3 is 0 Å². The van der Waals surface area contributed by atoms with Gasteiger partial charge in [0.05, 0.1) is 7.11 Å². The first-order valence-corrected chi connectivity index (χ1v) is 6.47. The van der Waals surface area contributed by atoms with E-state index in [1.165, 1.54) is 0 Å². The molecule has 0 fully saturated rings. The lowest BCUT2D eigenvalue weighted by molar-refractivity contribution is 0.216. The van der Waals surface area contributed by atoms with E-state index in [1.54, 1.807) is 13.3 Å². The van der Waals surface area contributed by atoms with Crippen molar-refractivity contribution in [2.45, 2.75) is 19.9 Å². The largest absolute Gasteiger partial charge is 0.481 e. The standard InChI is InChI=1S/C14H25N3O/c1-6-16(3)10-11-17(4)12(2)13-8-7-9-15-14(13)18-5/h7-9,12H,6,10-11H2,1-5H3/t12-/m0/s1. The van der Waals surface area contributed by atoms with Crippen molar-refractivity contribution in [3.05, 3.63) is 23.9 Å². The zero-order valence-electron chi connectivity index (χ0n) is 12.2. The van der Waals surface area contributed by atoms with Gasteiger partial charge < -0.3 is 9.64 Å². The van der Waals surface area contributed by atoms with Crippen LogP contribution in [0.25, 0.3) is 0 Å². The molecule has 0 aliphatic carbocycles. The molecule has 102 valence electrons. The van der Waals surface area contributed by atoms with Gasteiger partial charge in [0.15, 0.2) is 0 Å². The molecule has 0 spiro atoms. The minimum atomic E-state index is 0.305. The summed E-state index contributed by atoms with van der Waals surface area (Å²) in [4.78, 5) is 8.89. The first kappa shape index (κ1) is 14.9. The van der Waals surface area contributed by atoms with Crippen molar-refractivity contribution in [3.8, 4) is 5.88 Å². The Kier molecular flexibility index (Phi) is 6.09. The van der Waals surface area contributed by atoms with Crippen molar-refractivity contribution in [1.82, 2.24) is 14.8 Å². The highest BCUT2D eigenvalue weighted by atomic mass is 16.5. The van der Waals surface area contributed by atoms with E-state index < -0.39 is 0 Å². The summed E-state index contributed by atoms with van der Waals surface area (Å²) in [6, 6.07) is 4.34. The Morgan fingerprint density at radius 2 is 2.06 bits per heavy atom. The number of hydrogen-bond donors (Lipinski definition) is 0. The van der Waals surface area contributed by atoms with E-state index in [4.69, 9.17) is 4.74 Å². The summed E-state index contributed by atoms with van der Waals surface area (Å²) < 4.78 is 5.32. The Hall–Kier alpha value is -1.13. The Morgan fingerprint density at radius 3 is 2.67 bits per heavy atom. The average molecular weight is 251 g/mol. The fourth-order valence-corrected chi connectivity index (χ4v) is 1.81. The molecule has 4 nitrogen and oxygen atoms in total. The highest BCUT2D eigenvalue weighted by molar-refractivity contribution is 5.28. The highest BCUT2D eigenvalue weighted by Crippen LogP contribution is 2.25. The first-order chi connectivity index (χ1) is 8.60. The molecule has 0 unspecified atom stereocenters. The van der Waals surface area contributed by atoms with Crippen molar-refractivity contribution in [3.63, 3.8) is 0 Å². The van der Waals surface area contributed by atoms with Gasteiger partial charge in [0.25, 0.3) is 0 Å². The lowest BCUT2D eigenvalue weighted by Crippen LogP contribution is -2.32. The molecule has 0 saturated carbocycles. The van der Waals surface area contributed by atoms with E-state index in [2.05, 4.69) is 48.8 Å². The van der Waals surface area contributed by atoms with Gasteiger partial charge in [0, 0.05) is 30.9 Å². The molecule has 0 aliphatic heterocycles. The number of ether oxygens (including phenoxy) is 1. The van der Waals surface area contributed by atoms with Gasteiger partial charge in [-0.15, -0.1) is 0 Å². The van der Waals surface area contributed by atoms with Crippen LogP contribution in [-0.4, -0.2) is 55.6 Å². The molecule has 0 aromatic carbocycles. The van der Waals surface area contributed by atoms with E-state index >= 15 is 0 Å². The van der Waals surface area contributed by atoms with Gasteiger partial charge in [0.1, 0.15) is 0 Å². The highest BCUT2D eigenvalue weighted by Gasteiger charge is 2.16. The SMILES string of the molecule is CCN(C)CCN(C)[C@@H](C)c1cccnc1OC. The lowest BCUT2D eigenvalue weighted by atomic mass is 10.1. The van der Waals surface area contributed by atoms with E-state index in [9.17, 15) is 0 Å². The second-order valence-corrected chi connectivity index (χ2v) is 4.65. The van der Waals surface area contributed by atoms with Crippen molar-refractivity contribution < 1.29 is 4.74 Å². The summed E-state index contributed by atoms with van der Waals surface area (Å²) in [5, 5.41) is 0. The Bertz CT molecular complexity index is 357. The first-order valence-electron chi connectivity index (χ1n) is 6.47. The summed E-state index contributed by atoms with van der Waals surface area (Å²) in [6.45, 7) is 7.54. The summed E-state index contributed by atoms with van der Waals surface area (Å²) in [6.07, 6.45) is 1.76. The maximum absolute atomic E-state index is 5.32. The number of pyridine rings is 1. The summed E-state index contributed by atoms with van der Waals surface area (Å²) in [7, 11) is 5.95. The number of methoxy groups -OCH3 is 1. The maximum Gasteiger partial charge on any atom is 0.217 e. The zero-order valence-corrected chi connectivity index (χ0v) is 12.2. The minimum Gasteiger partial charge on any atom is -0.481 e. The normalized spacial score (nSPS) is 13.1. The fraction of sp³-hybridized carbons (Fsp3) is 0.643. The molecular formula is C14H25N3O.